The summed E-state index contributed by atoms with van der Waals surface area (Å²) < 4.78 is 6.25. The largest absolute Gasteiger partial charge is 0.438 e. The number of non-ortho nitro benzene ring substituents is 1. The van der Waals surface area contributed by atoms with E-state index in [1.54, 1.807) is 18.3 Å². The zero-order chi connectivity index (χ0) is 13.1. The monoisotopic (exact) mass is 308 g/mol. The molecule has 2 rings (SSSR count). The van der Waals surface area contributed by atoms with E-state index < -0.39 is 4.92 Å². The maximum absolute atomic E-state index is 10.7. The van der Waals surface area contributed by atoms with Gasteiger partial charge in [-0.1, -0.05) is 6.07 Å². The number of halogens is 1. The summed E-state index contributed by atoms with van der Waals surface area (Å²) in [5, 5.41) is 10.7. The van der Waals surface area contributed by atoms with E-state index >= 15 is 0 Å². The van der Waals surface area contributed by atoms with Gasteiger partial charge in [-0.3, -0.25) is 10.1 Å². The van der Waals surface area contributed by atoms with Gasteiger partial charge < -0.3 is 4.74 Å². The van der Waals surface area contributed by atoms with Crippen LogP contribution < -0.4 is 4.74 Å². The molecule has 0 aliphatic heterocycles. The van der Waals surface area contributed by atoms with Crippen molar-refractivity contribution in [2.45, 2.75) is 6.92 Å². The number of ether oxygens (including phenoxy) is 1. The lowest BCUT2D eigenvalue weighted by molar-refractivity contribution is -0.384. The van der Waals surface area contributed by atoms with Gasteiger partial charge in [-0.2, -0.15) is 0 Å². The molecule has 92 valence electrons. The van der Waals surface area contributed by atoms with Crippen LogP contribution in [0.25, 0.3) is 0 Å². The Morgan fingerprint density at radius 3 is 2.89 bits per heavy atom. The van der Waals surface area contributed by atoms with Gasteiger partial charge in [0, 0.05) is 12.3 Å². The molecule has 0 radical (unpaired) electrons. The first-order valence-electron chi connectivity index (χ1n) is 5.11. The molecule has 1 aromatic heterocycles. The molecular formula is C12H9BrN2O3. The summed E-state index contributed by atoms with van der Waals surface area (Å²) in [5.74, 6) is 0.762. The molecule has 0 atom stereocenters. The van der Waals surface area contributed by atoms with Crippen molar-refractivity contribution < 1.29 is 9.66 Å². The van der Waals surface area contributed by atoms with Crippen LogP contribution in [0.3, 0.4) is 0 Å². The Morgan fingerprint density at radius 2 is 2.17 bits per heavy atom. The summed E-state index contributed by atoms with van der Waals surface area (Å²) in [6.45, 7) is 1.91. The fourth-order valence-electron chi connectivity index (χ4n) is 1.36. The average Bonchev–Trinajstić information content (AvgIpc) is 2.35. The molecule has 0 aliphatic rings. The summed E-state index contributed by atoms with van der Waals surface area (Å²) in [6, 6.07) is 7.81. The number of pyridine rings is 1. The average molecular weight is 309 g/mol. The number of hydrogen-bond acceptors (Lipinski definition) is 4. The van der Waals surface area contributed by atoms with Crippen molar-refractivity contribution in [2.24, 2.45) is 0 Å². The molecule has 1 heterocycles. The Kier molecular flexibility index (Phi) is 3.57. The number of benzene rings is 1. The molecule has 0 N–H and O–H groups in total. The van der Waals surface area contributed by atoms with E-state index in [9.17, 15) is 10.1 Å². The van der Waals surface area contributed by atoms with Crippen LogP contribution in [0.4, 0.5) is 5.69 Å². The van der Waals surface area contributed by atoms with Gasteiger partial charge in [0.1, 0.15) is 5.75 Å². The predicted octanol–water partition coefficient (Wildman–Crippen LogP) is 3.85. The van der Waals surface area contributed by atoms with Gasteiger partial charge in [0.05, 0.1) is 15.5 Å². The Morgan fingerprint density at radius 1 is 1.39 bits per heavy atom. The van der Waals surface area contributed by atoms with Crippen LogP contribution in [0.1, 0.15) is 5.56 Å². The Balaban J connectivity index is 2.31. The molecule has 1 aromatic carbocycles. The van der Waals surface area contributed by atoms with Gasteiger partial charge >= 0.3 is 0 Å². The summed E-state index contributed by atoms with van der Waals surface area (Å²) in [6.07, 6.45) is 1.62. The molecular weight excluding hydrogens is 300 g/mol. The first-order chi connectivity index (χ1) is 8.58. The van der Waals surface area contributed by atoms with Gasteiger partial charge in [-0.25, -0.2) is 4.98 Å². The smallest absolute Gasteiger partial charge is 0.273 e. The minimum absolute atomic E-state index is 0.0173. The van der Waals surface area contributed by atoms with E-state index in [4.69, 9.17) is 4.74 Å². The Labute approximate surface area is 112 Å². The second kappa shape index (κ2) is 5.14. The zero-order valence-electron chi connectivity index (χ0n) is 9.46. The molecule has 0 aliphatic carbocycles. The Hall–Kier alpha value is -1.95. The molecule has 18 heavy (non-hydrogen) atoms. The highest BCUT2D eigenvalue weighted by Crippen LogP contribution is 2.30. The summed E-state index contributed by atoms with van der Waals surface area (Å²) >= 11 is 3.36. The highest BCUT2D eigenvalue weighted by Gasteiger charge is 2.10. The third-order valence-corrected chi connectivity index (χ3v) is 3.26. The van der Waals surface area contributed by atoms with Crippen molar-refractivity contribution in [3.63, 3.8) is 0 Å². The summed E-state index contributed by atoms with van der Waals surface area (Å²) in [4.78, 5) is 14.3. The van der Waals surface area contributed by atoms with Crippen molar-refractivity contribution in [1.29, 1.82) is 0 Å². The molecule has 0 fully saturated rings. The Bertz CT molecular complexity index is 602. The summed E-state index contributed by atoms with van der Waals surface area (Å²) in [5.41, 5.74) is 0.960. The number of hydrogen-bond donors (Lipinski definition) is 0. The molecule has 0 unspecified atom stereocenters. The first kappa shape index (κ1) is 12.5. The van der Waals surface area contributed by atoms with Crippen LogP contribution in [0.2, 0.25) is 0 Å². The number of aromatic nitrogens is 1. The van der Waals surface area contributed by atoms with E-state index in [0.717, 1.165) is 10.0 Å². The third-order valence-electron chi connectivity index (χ3n) is 2.29. The molecule has 6 heteroatoms. The minimum atomic E-state index is -0.467. The number of nitro benzene ring substituents is 1. The fraction of sp³-hybridized carbons (Fsp3) is 0.0833. The van der Waals surface area contributed by atoms with E-state index in [2.05, 4.69) is 20.9 Å². The van der Waals surface area contributed by atoms with E-state index in [1.807, 2.05) is 13.0 Å². The van der Waals surface area contributed by atoms with Gasteiger partial charge in [0.25, 0.3) is 5.69 Å². The maximum atomic E-state index is 10.7. The van der Waals surface area contributed by atoms with E-state index in [-0.39, 0.29) is 5.69 Å². The molecule has 0 bridgehead atoms. The first-order valence-corrected chi connectivity index (χ1v) is 5.90. The van der Waals surface area contributed by atoms with Crippen LogP contribution in [-0.2, 0) is 0 Å². The lowest BCUT2D eigenvalue weighted by Gasteiger charge is -2.07. The third kappa shape index (κ3) is 2.65. The van der Waals surface area contributed by atoms with Gasteiger partial charge in [-0.15, -0.1) is 0 Å². The predicted molar refractivity (Wildman–Crippen MR) is 69.8 cm³/mol. The molecule has 2 aromatic rings. The van der Waals surface area contributed by atoms with Crippen LogP contribution in [0, 0.1) is 17.0 Å². The maximum Gasteiger partial charge on any atom is 0.273 e. The second-order valence-corrected chi connectivity index (χ2v) is 4.40. The van der Waals surface area contributed by atoms with Crippen molar-refractivity contribution >= 4 is 21.6 Å². The molecule has 0 spiro atoms. The van der Waals surface area contributed by atoms with Gasteiger partial charge in [0.2, 0.25) is 5.88 Å². The quantitative estimate of drug-likeness (QED) is 0.638. The van der Waals surface area contributed by atoms with Crippen molar-refractivity contribution in [3.05, 3.63) is 56.7 Å². The second-order valence-electron chi connectivity index (χ2n) is 3.60. The van der Waals surface area contributed by atoms with Crippen LogP contribution in [-0.4, -0.2) is 9.91 Å². The molecule has 0 saturated heterocycles. The topological polar surface area (TPSA) is 65.3 Å². The van der Waals surface area contributed by atoms with Crippen molar-refractivity contribution in [1.82, 2.24) is 4.98 Å². The van der Waals surface area contributed by atoms with E-state index in [0.29, 0.717) is 11.6 Å². The lowest BCUT2D eigenvalue weighted by atomic mass is 10.3. The van der Waals surface area contributed by atoms with Gasteiger partial charge in [0.15, 0.2) is 0 Å². The SMILES string of the molecule is Cc1ccnc(Oc2cccc([N+](=O)[O-])c2)c1Br. The van der Waals surface area contributed by atoms with Crippen molar-refractivity contribution in [2.75, 3.05) is 0 Å². The van der Waals surface area contributed by atoms with Gasteiger partial charge in [-0.05, 0) is 40.5 Å². The number of aryl methyl sites for hydroxylation is 1. The zero-order valence-corrected chi connectivity index (χ0v) is 11.0. The number of nitro groups is 1. The number of rotatable bonds is 3. The normalized spacial score (nSPS) is 10.1. The van der Waals surface area contributed by atoms with Crippen molar-refractivity contribution in [3.8, 4) is 11.6 Å². The lowest BCUT2D eigenvalue weighted by Crippen LogP contribution is -1.92. The molecule has 5 nitrogen and oxygen atoms in total. The van der Waals surface area contributed by atoms with E-state index in [1.165, 1.54) is 12.1 Å². The number of nitrogens with zero attached hydrogens (tertiary/aromatic N) is 2. The fourth-order valence-corrected chi connectivity index (χ4v) is 1.67. The van der Waals surface area contributed by atoms with Crippen LogP contribution >= 0.6 is 15.9 Å². The molecule has 0 saturated carbocycles. The van der Waals surface area contributed by atoms with Crippen LogP contribution in [0.15, 0.2) is 41.0 Å². The van der Waals surface area contributed by atoms with Crippen LogP contribution in [0.5, 0.6) is 11.6 Å². The standard InChI is InChI=1S/C12H9BrN2O3/c1-8-5-6-14-12(11(8)13)18-10-4-2-3-9(7-10)15(16)17/h2-7H,1H3. The minimum Gasteiger partial charge on any atom is -0.438 e. The molecule has 0 amide bonds. The highest BCUT2D eigenvalue weighted by molar-refractivity contribution is 9.10. The highest BCUT2D eigenvalue weighted by atomic mass is 79.9. The summed E-state index contributed by atoms with van der Waals surface area (Å²) in [7, 11) is 0.